The highest BCUT2D eigenvalue weighted by Gasteiger charge is 2.31. The predicted octanol–water partition coefficient (Wildman–Crippen LogP) is 4.54. The number of hydrogen-bond donors (Lipinski definition) is 2. The van der Waals surface area contributed by atoms with E-state index in [0.29, 0.717) is 42.3 Å². The van der Waals surface area contributed by atoms with E-state index < -0.39 is 18.4 Å². The van der Waals surface area contributed by atoms with Crippen molar-refractivity contribution in [2.45, 2.75) is 64.1 Å². The van der Waals surface area contributed by atoms with Gasteiger partial charge in [0.05, 0.1) is 29.4 Å². The van der Waals surface area contributed by atoms with Gasteiger partial charge in [-0.05, 0) is 61.7 Å². The molecule has 0 amide bonds. The lowest BCUT2D eigenvalue weighted by atomic mass is 10.0. The number of rotatable bonds is 12. The summed E-state index contributed by atoms with van der Waals surface area (Å²) in [6, 6.07) is 5.22. The van der Waals surface area contributed by atoms with Gasteiger partial charge in [0.25, 0.3) is 5.88 Å². The molecule has 45 heavy (non-hydrogen) atoms. The number of nitrogens with zero attached hydrogens (tertiary/aromatic N) is 9. The Morgan fingerprint density at radius 3 is 2.51 bits per heavy atom. The maximum atomic E-state index is 13.0. The van der Waals surface area contributed by atoms with Gasteiger partial charge in [-0.3, -0.25) is 4.68 Å². The monoisotopic (exact) mass is 650 g/mol. The molecule has 0 unspecified atom stereocenters. The van der Waals surface area contributed by atoms with Crippen molar-refractivity contribution in [1.82, 2.24) is 44.9 Å². The zero-order valence-corrected chi connectivity index (χ0v) is 25.7. The number of tetrazole rings is 1. The molecule has 4 aromatic rings. The first kappa shape index (κ1) is 32.4. The number of nitrogens with one attached hydrogen (secondary N) is 1. The maximum absolute atomic E-state index is 13.0. The number of β-amino-alcohol motifs (C(OH)–C–C–N with tert-alkyl or cyclic N) is 1. The number of hydrogen-bond acceptors (Lipinski definition) is 11. The summed E-state index contributed by atoms with van der Waals surface area (Å²) in [5, 5.41) is 28.9. The maximum Gasteiger partial charge on any atom is 0.422 e. The molecule has 0 aliphatic carbocycles. The third-order valence-electron chi connectivity index (χ3n) is 6.94. The molecule has 4 heterocycles. The number of ether oxygens (including phenoxy) is 2. The van der Waals surface area contributed by atoms with E-state index in [1.165, 1.54) is 6.33 Å². The molecular weight excluding hydrogens is 617 g/mol. The number of alkyl halides is 3. The van der Waals surface area contributed by atoms with Gasteiger partial charge in [0, 0.05) is 37.6 Å². The number of piperidine rings is 1. The fourth-order valence-corrected chi connectivity index (χ4v) is 5.17. The Morgan fingerprint density at radius 2 is 1.87 bits per heavy atom. The number of aromatic nitrogens is 8. The normalized spacial score (nSPS) is 15.6. The predicted molar refractivity (Wildman–Crippen MR) is 158 cm³/mol. The zero-order chi connectivity index (χ0) is 32.2. The van der Waals surface area contributed by atoms with Crippen LogP contribution in [0.1, 0.15) is 39.7 Å². The molecule has 1 atom stereocenters. The minimum atomic E-state index is -4.53. The van der Waals surface area contributed by atoms with Crippen molar-refractivity contribution in [1.29, 1.82) is 0 Å². The molecule has 1 aromatic carbocycles. The Morgan fingerprint density at radius 1 is 1.13 bits per heavy atom. The molecule has 0 spiro atoms. The molecule has 5 rings (SSSR count). The average molecular weight is 651 g/mol. The van der Waals surface area contributed by atoms with Crippen LogP contribution in [0.3, 0.4) is 0 Å². The van der Waals surface area contributed by atoms with Crippen LogP contribution in [0.2, 0.25) is 5.02 Å². The SMILES string of the molecule is C[C@@H](Cn1cnnn1)Oc1cc(-c2cnc(Nc3cn(C4CCN(CC(C)(C)O)CC4)nc3OCC(F)(F)F)nc2)ccc1Cl. The van der Waals surface area contributed by atoms with Crippen molar-refractivity contribution >= 4 is 23.2 Å². The lowest BCUT2D eigenvalue weighted by molar-refractivity contribution is -0.154. The molecule has 1 fully saturated rings. The second-order valence-electron chi connectivity index (χ2n) is 11.6. The highest BCUT2D eigenvalue weighted by Crippen LogP contribution is 2.33. The number of likely N-dealkylation sites (tertiary alicyclic amines) is 1. The van der Waals surface area contributed by atoms with E-state index in [2.05, 4.69) is 40.8 Å². The Balaban J connectivity index is 1.28. The summed E-state index contributed by atoms with van der Waals surface area (Å²) in [4.78, 5) is 10.9. The van der Waals surface area contributed by atoms with Gasteiger partial charge in [-0.25, -0.2) is 14.6 Å². The van der Waals surface area contributed by atoms with Gasteiger partial charge < -0.3 is 24.8 Å². The van der Waals surface area contributed by atoms with Gasteiger partial charge >= 0.3 is 6.18 Å². The molecule has 0 radical (unpaired) electrons. The summed E-state index contributed by atoms with van der Waals surface area (Å²) in [7, 11) is 0. The molecule has 13 nitrogen and oxygen atoms in total. The van der Waals surface area contributed by atoms with E-state index in [9.17, 15) is 18.3 Å². The molecular formula is C28H34ClF3N10O3. The highest BCUT2D eigenvalue weighted by molar-refractivity contribution is 6.32. The topological polar surface area (TPSA) is 141 Å². The van der Waals surface area contributed by atoms with Crippen LogP contribution in [-0.2, 0) is 6.54 Å². The first-order valence-electron chi connectivity index (χ1n) is 14.3. The largest absolute Gasteiger partial charge is 0.487 e. The zero-order valence-electron chi connectivity index (χ0n) is 24.9. The molecule has 242 valence electrons. The summed E-state index contributed by atoms with van der Waals surface area (Å²) < 4.78 is 53.2. The fraction of sp³-hybridized carbons (Fsp3) is 0.500. The minimum Gasteiger partial charge on any atom is -0.487 e. The van der Waals surface area contributed by atoms with Crippen molar-refractivity contribution in [3.8, 4) is 22.8 Å². The third-order valence-corrected chi connectivity index (χ3v) is 7.25. The van der Waals surface area contributed by atoms with Crippen LogP contribution in [0.15, 0.2) is 43.1 Å². The van der Waals surface area contributed by atoms with E-state index in [-0.39, 0.29) is 29.7 Å². The smallest absolute Gasteiger partial charge is 0.422 e. The van der Waals surface area contributed by atoms with Crippen LogP contribution < -0.4 is 14.8 Å². The molecule has 17 heteroatoms. The quantitative estimate of drug-likeness (QED) is 0.223. The summed E-state index contributed by atoms with van der Waals surface area (Å²) in [6.45, 7) is 6.28. The van der Waals surface area contributed by atoms with Crippen molar-refractivity contribution in [3.63, 3.8) is 0 Å². The Bertz CT molecular complexity index is 1540. The van der Waals surface area contributed by atoms with E-state index in [1.54, 1.807) is 60.0 Å². The third kappa shape index (κ3) is 9.25. The van der Waals surface area contributed by atoms with Gasteiger partial charge in [-0.2, -0.15) is 13.2 Å². The molecule has 1 aliphatic rings. The van der Waals surface area contributed by atoms with Crippen molar-refractivity contribution < 1.29 is 27.8 Å². The lowest BCUT2D eigenvalue weighted by Gasteiger charge is -2.35. The summed E-state index contributed by atoms with van der Waals surface area (Å²) in [5.41, 5.74) is 0.804. The molecule has 3 aromatic heterocycles. The number of benzene rings is 1. The van der Waals surface area contributed by atoms with Gasteiger partial charge in [0.2, 0.25) is 5.95 Å². The van der Waals surface area contributed by atoms with E-state index in [4.69, 9.17) is 21.1 Å². The first-order valence-corrected chi connectivity index (χ1v) is 14.7. The standard InChI is InChI=1S/C28H34ClF3N10O3/c1-18(13-41-17-35-38-39-41)45-24-10-19(4-5-22(24)29)20-11-33-26(34-12-20)36-23-14-42(37-25(23)44-16-28(30,31)32)21-6-8-40(9-7-21)15-27(2,3)43/h4-5,10-12,14,17-18,21,43H,6-9,13,15-16H2,1-3H3,(H,33,34,36)/t18-/m0/s1. The summed E-state index contributed by atoms with van der Waals surface area (Å²) in [5.74, 6) is 0.409. The fourth-order valence-electron chi connectivity index (χ4n) is 5.01. The van der Waals surface area contributed by atoms with E-state index in [0.717, 1.165) is 18.7 Å². The lowest BCUT2D eigenvalue weighted by Crippen LogP contribution is -2.43. The van der Waals surface area contributed by atoms with Gasteiger partial charge in [-0.15, -0.1) is 10.2 Å². The average Bonchev–Trinajstić information content (AvgIpc) is 3.63. The molecule has 0 saturated carbocycles. The number of anilines is 2. The Labute approximate surface area is 262 Å². The second kappa shape index (κ2) is 13.5. The van der Waals surface area contributed by atoms with Crippen molar-refractivity contribution in [2.75, 3.05) is 31.6 Å². The molecule has 1 aliphatic heterocycles. The number of halogens is 4. The van der Waals surface area contributed by atoms with Gasteiger partial charge in [0.15, 0.2) is 6.61 Å². The van der Waals surface area contributed by atoms with Crippen molar-refractivity contribution in [3.05, 3.63) is 48.1 Å². The highest BCUT2D eigenvalue weighted by atomic mass is 35.5. The molecule has 2 N–H and O–H groups in total. The van der Waals surface area contributed by atoms with Crippen LogP contribution in [0, 0.1) is 0 Å². The second-order valence-corrected chi connectivity index (χ2v) is 12.0. The van der Waals surface area contributed by atoms with Crippen molar-refractivity contribution in [2.24, 2.45) is 0 Å². The number of aliphatic hydroxyl groups is 1. The minimum absolute atomic E-state index is 0.0490. The Kier molecular flexibility index (Phi) is 9.74. The molecule has 1 saturated heterocycles. The first-order chi connectivity index (χ1) is 21.3. The summed E-state index contributed by atoms with van der Waals surface area (Å²) in [6.07, 6.45) is 2.86. The van der Waals surface area contributed by atoms with Crippen LogP contribution in [-0.4, -0.2) is 94.1 Å². The van der Waals surface area contributed by atoms with Crippen LogP contribution >= 0.6 is 11.6 Å². The van der Waals surface area contributed by atoms with E-state index >= 15 is 0 Å². The van der Waals surface area contributed by atoms with E-state index in [1.807, 2.05) is 6.92 Å². The van der Waals surface area contributed by atoms with Gasteiger partial charge in [0.1, 0.15) is 23.9 Å². The van der Waals surface area contributed by atoms with Crippen LogP contribution in [0.5, 0.6) is 11.6 Å². The molecule has 0 bridgehead atoms. The van der Waals surface area contributed by atoms with Gasteiger partial charge in [-0.1, -0.05) is 17.7 Å². The van der Waals surface area contributed by atoms with Crippen LogP contribution in [0.4, 0.5) is 24.8 Å². The Hall–Kier alpha value is -4.02. The van der Waals surface area contributed by atoms with Crippen LogP contribution in [0.25, 0.3) is 11.1 Å². The summed E-state index contributed by atoms with van der Waals surface area (Å²) >= 11 is 6.37.